The number of carbonyl (C=O) groups excluding carboxylic acids is 2. The molecule has 260 valence electrons. The van der Waals surface area contributed by atoms with Crippen molar-refractivity contribution in [2.75, 3.05) is 35.0 Å². The maximum Gasteiger partial charge on any atom is 0.289 e. The standard InChI is InChI=1S/C40H41NO9/c1-6-22-49-32-18-16-31(17-19-32)40(36(47-4)26-33(50-40)30-24-34(45-2)38(48-5)35(25-30)46-3)20-11-21-41(44)39(43)29-15-10-14-28(23-29)37(42)27-12-8-7-9-13-27/h7-10,12-19,23-25,33,36,44H,6,20,22,26H2,1-5H3. The number of ether oxygens (including phenoxy) is 6. The zero-order valence-electron chi connectivity index (χ0n) is 28.8. The van der Waals surface area contributed by atoms with Crippen LogP contribution >= 0.6 is 0 Å². The molecule has 1 amide bonds. The molecule has 4 aromatic rings. The summed E-state index contributed by atoms with van der Waals surface area (Å²) in [6.45, 7) is 2.62. The Hall–Kier alpha value is -5.34. The first-order valence-electron chi connectivity index (χ1n) is 16.2. The number of hydrogen-bond acceptors (Lipinski definition) is 9. The number of amides is 1. The molecular formula is C40H41NO9. The van der Waals surface area contributed by atoms with Crippen molar-refractivity contribution in [3.05, 3.63) is 119 Å². The average Bonchev–Trinajstić information content (AvgIpc) is 3.55. The zero-order valence-corrected chi connectivity index (χ0v) is 28.8. The Morgan fingerprint density at radius 3 is 2.14 bits per heavy atom. The molecule has 3 atom stereocenters. The highest BCUT2D eigenvalue weighted by molar-refractivity contribution is 6.10. The van der Waals surface area contributed by atoms with Crippen LogP contribution in [-0.2, 0) is 15.1 Å². The van der Waals surface area contributed by atoms with E-state index in [1.54, 1.807) is 64.8 Å². The molecule has 50 heavy (non-hydrogen) atoms. The van der Waals surface area contributed by atoms with Gasteiger partial charge in [0.1, 0.15) is 11.4 Å². The van der Waals surface area contributed by atoms with E-state index in [0.717, 1.165) is 17.5 Å². The molecule has 4 aromatic carbocycles. The van der Waals surface area contributed by atoms with Crippen LogP contribution in [0.3, 0.4) is 0 Å². The minimum absolute atomic E-state index is 0.0540. The van der Waals surface area contributed by atoms with Crippen LogP contribution in [0.25, 0.3) is 0 Å². The van der Waals surface area contributed by atoms with E-state index in [-0.39, 0.29) is 17.8 Å². The molecule has 1 heterocycles. The van der Waals surface area contributed by atoms with Crippen molar-refractivity contribution >= 4 is 11.7 Å². The molecule has 1 saturated heterocycles. The Balaban J connectivity index is 1.45. The number of benzene rings is 4. The van der Waals surface area contributed by atoms with Gasteiger partial charge >= 0.3 is 0 Å². The van der Waals surface area contributed by atoms with Crippen molar-refractivity contribution in [3.63, 3.8) is 0 Å². The first-order chi connectivity index (χ1) is 24.3. The summed E-state index contributed by atoms with van der Waals surface area (Å²) in [5.74, 6) is 4.08. The van der Waals surface area contributed by atoms with Gasteiger partial charge in [-0.2, -0.15) is 0 Å². The lowest BCUT2D eigenvalue weighted by Gasteiger charge is -2.33. The fourth-order valence-corrected chi connectivity index (χ4v) is 6.07. The molecule has 5 rings (SSSR count). The molecule has 0 spiro atoms. The van der Waals surface area contributed by atoms with Crippen LogP contribution in [0.2, 0.25) is 0 Å². The van der Waals surface area contributed by atoms with Crippen molar-refractivity contribution in [3.8, 4) is 35.0 Å². The minimum atomic E-state index is -1.11. The number of nitrogens with zero attached hydrogens (tertiary/aromatic N) is 1. The van der Waals surface area contributed by atoms with Crippen LogP contribution in [0, 0.1) is 12.0 Å². The molecule has 1 fully saturated rings. The Bertz CT molecular complexity index is 1820. The summed E-state index contributed by atoms with van der Waals surface area (Å²) in [5.41, 5.74) is 1.36. The van der Waals surface area contributed by atoms with Gasteiger partial charge in [-0.1, -0.05) is 67.4 Å². The lowest BCUT2D eigenvalue weighted by molar-refractivity contribution is -0.0967. The Labute approximate surface area is 292 Å². The van der Waals surface area contributed by atoms with E-state index < -0.39 is 23.7 Å². The number of rotatable bonds is 13. The molecule has 0 radical (unpaired) electrons. The molecule has 0 aromatic heterocycles. The quantitative estimate of drug-likeness (QED) is 0.0526. The highest BCUT2D eigenvalue weighted by atomic mass is 16.6. The lowest BCUT2D eigenvalue weighted by atomic mass is 9.85. The molecule has 1 N–H and O–H groups in total. The Morgan fingerprint density at radius 1 is 0.860 bits per heavy atom. The van der Waals surface area contributed by atoms with Gasteiger partial charge in [-0.25, -0.2) is 0 Å². The highest BCUT2D eigenvalue weighted by Crippen LogP contribution is 2.51. The van der Waals surface area contributed by atoms with Crippen LogP contribution in [0.4, 0.5) is 0 Å². The van der Waals surface area contributed by atoms with E-state index in [4.69, 9.17) is 28.4 Å². The van der Waals surface area contributed by atoms with Gasteiger partial charge in [0.2, 0.25) is 5.75 Å². The van der Waals surface area contributed by atoms with Crippen LogP contribution in [0.15, 0.2) is 91.0 Å². The first-order valence-corrected chi connectivity index (χ1v) is 16.2. The summed E-state index contributed by atoms with van der Waals surface area (Å²) >= 11 is 0. The molecule has 10 nitrogen and oxygen atoms in total. The largest absolute Gasteiger partial charge is 0.494 e. The molecule has 3 unspecified atom stereocenters. The zero-order chi connectivity index (χ0) is 35.7. The normalized spacial score (nSPS) is 18.0. The highest BCUT2D eigenvalue weighted by Gasteiger charge is 2.50. The van der Waals surface area contributed by atoms with Gasteiger partial charge in [-0.3, -0.25) is 14.8 Å². The molecule has 0 bridgehead atoms. The second-order valence-corrected chi connectivity index (χ2v) is 11.6. The van der Waals surface area contributed by atoms with Crippen molar-refractivity contribution in [2.45, 2.75) is 44.0 Å². The second kappa shape index (κ2) is 16.4. The molecular weight excluding hydrogens is 638 g/mol. The van der Waals surface area contributed by atoms with Crippen LogP contribution in [0.1, 0.15) is 69.7 Å². The SMILES string of the molecule is CCCOc1ccc(C2(CC#CN(O)C(=O)c3cccc(C(=O)c4ccccc4)c3)OC(c3cc(OC)c(OC)c(OC)c3)CC2OC)cc1. The van der Waals surface area contributed by atoms with Gasteiger partial charge in [-0.15, -0.1) is 5.06 Å². The molecule has 0 aliphatic carbocycles. The second-order valence-electron chi connectivity index (χ2n) is 11.6. The maximum atomic E-state index is 13.2. The van der Waals surface area contributed by atoms with Gasteiger partial charge in [0, 0.05) is 42.7 Å². The van der Waals surface area contributed by atoms with E-state index in [9.17, 15) is 14.8 Å². The predicted molar refractivity (Wildman–Crippen MR) is 186 cm³/mol. The first kappa shape index (κ1) is 36.0. The van der Waals surface area contributed by atoms with E-state index in [0.29, 0.717) is 52.2 Å². The monoisotopic (exact) mass is 679 g/mol. The third-order valence-electron chi connectivity index (χ3n) is 8.60. The van der Waals surface area contributed by atoms with Crippen LogP contribution in [-0.4, -0.2) is 63.1 Å². The number of hydroxylamine groups is 2. The van der Waals surface area contributed by atoms with Crippen molar-refractivity contribution in [1.29, 1.82) is 0 Å². The predicted octanol–water partition coefficient (Wildman–Crippen LogP) is 6.99. The Kier molecular flexibility index (Phi) is 11.8. The van der Waals surface area contributed by atoms with E-state index in [2.05, 4.69) is 12.0 Å². The summed E-state index contributed by atoms with van der Waals surface area (Å²) in [7, 11) is 6.25. The third-order valence-corrected chi connectivity index (χ3v) is 8.60. The Morgan fingerprint density at radius 2 is 1.52 bits per heavy atom. The van der Waals surface area contributed by atoms with Gasteiger partial charge in [0.25, 0.3) is 5.91 Å². The third kappa shape index (κ3) is 7.61. The van der Waals surface area contributed by atoms with Crippen molar-refractivity contribution < 1.29 is 43.2 Å². The molecule has 1 aliphatic rings. The summed E-state index contributed by atoms with van der Waals surface area (Å²) in [5, 5.41) is 11.1. The topological polar surface area (TPSA) is 113 Å². The van der Waals surface area contributed by atoms with E-state index >= 15 is 0 Å². The fourth-order valence-electron chi connectivity index (χ4n) is 6.07. The van der Waals surface area contributed by atoms with E-state index in [1.807, 2.05) is 49.4 Å². The summed E-state index contributed by atoms with van der Waals surface area (Å²) < 4.78 is 35.5. The van der Waals surface area contributed by atoms with Gasteiger partial charge in [-0.05, 0) is 53.9 Å². The lowest BCUT2D eigenvalue weighted by Crippen LogP contribution is -2.37. The smallest absolute Gasteiger partial charge is 0.289 e. The molecule has 0 saturated carbocycles. The van der Waals surface area contributed by atoms with E-state index in [1.165, 1.54) is 12.1 Å². The number of carbonyl (C=O) groups is 2. The minimum Gasteiger partial charge on any atom is -0.494 e. The summed E-state index contributed by atoms with van der Waals surface area (Å²) in [6.07, 6.45) is 0.430. The van der Waals surface area contributed by atoms with Gasteiger partial charge in [0.05, 0.1) is 40.1 Å². The summed E-state index contributed by atoms with van der Waals surface area (Å²) in [6, 6.07) is 28.7. The molecule has 10 heteroatoms. The number of hydrogen-bond donors (Lipinski definition) is 1. The van der Waals surface area contributed by atoms with Crippen LogP contribution in [0.5, 0.6) is 23.0 Å². The van der Waals surface area contributed by atoms with Crippen molar-refractivity contribution in [2.24, 2.45) is 0 Å². The maximum absolute atomic E-state index is 13.2. The van der Waals surface area contributed by atoms with Crippen LogP contribution < -0.4 is 18.9 Å². The average molecular weight is 680 g/mol. The summed E-state index contributed by atoms with van der Waals surface area (Å²) in [4.78, 5) is 26.2. The van der Waals surface area contributed by atoms with Crippen molar-refractivity contribution in [1.82, 2.24) is 5.06 Å². The number of ketones is 1. The number of methoxy groups -OCH3 is 4. The van der Waals surface area contributed by atoms with Gasteiger partial charge in [0.15, 0.2) is 17.3 Å². The van der Waals surface area contributed by atoms with Gasteiger partial charge < -0.3 is 28.4 Å². The molecule has 1 aliphatic heterocycles. The fraction of sp³-hybridized carbons (Fsp3) is 0.300.